The fourth-order valence-corrected chi connectivity index (χ4v) is 13.5. The number of methoxy groups -OCH3 is 2. The van der Waals surface area contributed by atoms with E-state index in [1.807, 2.05) is 74.7 Å². The van der Waals surface area contributed by atoms with Gasteiger partial charge in [0.1, 0.15) is 19.0 Å². The lowest BCUT2D eigenvalue weighted by Crippen LogP contribution is -2.38. The van der Waals surface area contributed by atoms with Crippen molar-refractivity contribution in [3.05, 3.63) is 141 Å². The lowest BCUT2D eigenvalue weighted by molar-refractivity contribution is 0.0264. The number of fused-ring (bicyclic) bond motifs is 8. The summed E-state index contributed by atoms with van der Waals surface area (Å²) in [5.74, 6) is 2.97. The molecule has 400 valence electrons. The molecule has 0 unspecified atom stereocenters. The first-order chi connectivity index (χ1) is 36.5. The number of para-hydroxylation sites is 2. The molecule has 0 bridgehead atoms. The van der Waals surface area contributed by atoms with Crippen LogP contribution in [0.3, 0.4) is 0 Å². The SMILES string of the molecule is CCCOCCCSSC(C)(C)CN(CCOCCOCCOC)c1cc(COc2cc3c(cc2C)C(=O)N2c4ccccc4C[C@H]2CC3)cc(COc2cc3c(cc2OC)C(=O)N2c4ccccc4C[C@H]2CC3)c1. The van der Waals surface area contributed by atoms with E-state index in [9.17, 15) is 9.59 Å². The van der Waals surface area contributed by atoms with E-state index in [-0.39, 0.29) is 35.3 Å². The van der Waals surface area contributed by atoms with Gasteiger partial charge >= 0.3 is 0 Å². The number of rotatable bonds is 27. The highest BCUT2D eigenvalue weighted by Gasteiger charge is 2.39. The van der Waals surface area contributed by atoms with Gasteiger partial charge in [0, 0.05) is 84.2 Å². The summed E-state index contributed by atoms with van der Waals surface area (Å²) in [5, 5.41) is 0. The van der Waals surface area contributed by atoms with E-state index in [2.05, 4.69) is 80.3 Å². The van der Waals surface area contributed by atoms with Crippen LogP contribution in [0.1, 0.15) is 106 Å². The second kappa shape index (κ2) is 25.7. The third-order valence-electron chi connectivity index (χ3n) is 14.5. The number of carbonyl (C=O) groups is 2. The molecule has 0 saturated heterocycles. The Kier molecular flexibility index (Phi) is 18.7. The van der Waals surface area contributed by atoms with Crippen molar-refractivity contribution in [2.75, 3.05) is 94.0 Å². The van der Waals surface area contributed by atoms with Gasteiger partial charge < -0.3 is 47.9 Å². The monoisotopic (exact) mass is 1060 g/mol. The van der Waals surface area contributed by atoms with E-state index in [4.69, 9.17) is 33.2 Å². The van der Waals surface area contributed by atoms with Crippen LogP contribution in [0, 0.1) is 6.92 Å². The molecule has 0 radical (unpaired) electrons. The topological polar surface area (TPSA) is 108 Å². The largest absolute Gasteiger partial charge is 0.493 e. The lowest BCUT2D eigenvalue weighted by Gasteiger charge is -2.34. The van der Waals surface area contributed by atoms with Gasteiger partial charge in [-0.25, -0.2) is 0 Å². The van der Waals surface area contributed by atoms with Gasteiger partial charge in [-0.15, -0.1) is 0 Å². The molecule has 2 atom stereocenters. The van der Waals surface area contributed by atoms with Gasteiger partial charge in [-0.05, 0) is 166 Å². The average Bonchev–Trinajstić information content (AvgIpc) is 3.92. The van der Waals surface area contributed by atoms with Gasteiger partial charge in [0.25, 0.3) is 11.8 Å². The third kappa shape index (κ3) is 13.3. The Morgan fingerprint density at radius 2 is 1.21 bits per heavy atom. The standard InChI is InChI=1S/C61H75N3O9S2/c1-7-22-69-23-12-29-74-75-61(3,4)41-62(21-24-70-27-28-71-26-25-67-5)51-32-43(39-72-56-36-45-17-19-49-34-47-13-8-10-15-54(47)63(49)59(65)52(45)30-42(56)2)31-44(33-51)40-73-58-37-46-18-20-50-35-48-14-9-11-16-55(48)64(50)60(66)53(46)38-57(58)68-6/h8-11,13-16,30-33,36-38,49-50H,7,12,17-29,34-35,39-41H2,1-6H3/t49-,50-/m1/s1. The molecular weight excluding hydrogens is 983 g/mol. The average molecular weight is 1060 g/mol. The van der Waals surface area contributed by atoms with Crippen molar-refractivity contribution in [3.8, 4) is 17.2 Å². The molecule has 0 saturated carbocycles. The van der Waals surface area contributed by atoms with Crippen LogP contribution in [0.5, 0.6) is 17.2 Å². The Labute approximate surface area is 452 Å². The number of nitrogens with zero attached hydrogens (tertiary/aromatic N) is 3. The van der Waals surface area contributed by atoms with Crippen molar-refractivity contribution in [1.29, 1.82) is 0 Å². The maximum absolute atomic E-state index is 14.3. The maximum atomic E-state index is 14.3. The van der Waals surface area contributed by atoms with Gasteiger partial charge in [0.05, 0.1) is 40.1 Å². The number of benzene rings is 5. The van der Waals surface area contributed by atoms with Crippen molar-refractivity contribution >= 4 is 50.5 Å². The van der Waals surface area contributed by atoms with Crippen LogP contribution < -0.4 is 28.9 Å². The molecule has 12 nitrogen and oxygen atoms in total. The molecule has 0 aliphatic carbocycles. The summed E-state index contributed by atoms with van der Waals surface area (Å²) >= 11 is 0. The molecule has 9 rings (SSSR count). The molecule has 0 spiro atoms. The number of amides is 2. The summed E-state index contributed by atoms with van der Waals surface area (Å²) in [6, 6.07) is 31.4. The highest BCUT2D eigenvalue weighted by molar-refractivity contribution is 8.77. The van der Waals surface area contributed by atoms with Crippen LogP contribution >= 0.6 is 21.6 Å². The van der Waals surface area contributed by atoms with Gasteiger partial charge in [-0.2, -0.15) is 0 Å². The number of aryl methyl sites for hydroxylation is 3. The van der Waals surface area contributed by atoms with E-state index in [1.165, 1.54) is 11.1 Å². The molecule has 4 aliphatic rings. The zero-order chi connectivity index (χ0) is 52.3. The Morgan fingerprint density at radius 1 is 0.640 bits per heavy atom. The Balaban J connectivity index is 0.981. The highest BCUT2D eigenvalue weighted by Crippen LogP contribution is 2.43. The first kappa shape index (κ1) is 54.6. The van der Waals surface area contributed by atoms with Gasteiger partial charge in [-0.1, -0.05) is 64.9 Å². The lowest BCUT2D eigenvalue weighted by atomic mass is 9.98. The predicted octanol–water partition coefficient (Wildman–Crippen LogP) is 11.7. The summed E-state index contributed by atoms with van der Waals surface area (Å²) in [6.45, 7) is 14.9. The Hall–Kier alpha value is -5.22. The summed E-state index contributed by atoms with van der Waals surface area (Å²) in [4.78, 5) is 35.0. The molecule has 75 heavy (non-hydrogen) atoms. The van der Waals surface area contributed by atoms with E-state index in [0.717, 1.165) is 133 Å². The van der Waals surface area contributed by atoms with Gasteiger partial charge in [0.2, 0.25) is 0 Å². The summed E-state index contributed by atoms with van der Waals surface area (Å²) in [6.07, 6.45) is 7.08. The molecule has 4 aliphatic heterocycles. The van der Waals surface area contributed by atoms with Gasteiger partial charge in [-0.3, -0.25) is 9.59 Å². The first-order valence-corrected chi connectivity index (χ1v) is 29.2. The van der Waals surface area contributed by atoms with Gasteiger partial charge in [0.15, 0.2) is 11.5 Å². The number of hydrogen-bond donors (Lipinski definition) is 0. The molecule has 5 aromatic rings. The van der Waals surface area contributed by atoms with Crippen LogP contribution in [0.25, 0.3) is 0 Å². The Morgan fingerprint density at radius 3 is 1.84 bits per heavy atom. The van der Waals surface area contributed by atoms with E-state index in [0.29, 0.717) is 63.2 Å². The van der Waals surface area contributed by atoms with Crippen LogP contribution in [-0.2, 0) is 57.8 Å². The molecule has 0 fully saturated rings. The number of ether oxygens (including phenoxy) is 7. The van der Waals surface area contributed by atoms with Crippen LogP contribution in [0.2, 0.25) is 0 Å². The minimum atomic E-state index is -0.126. The highest BCUT2D eigenvalue weighted by atomic mass is 33.1. The van der Waals surface area contributed by atoms with E-state index < -0.39 is 0 Å². The minimum Gasteiger partial charge on any atom is -0.493 e. The molecule has 4 heterocycles. The van der Waals surface area contributed by atoms with E-state index >= 15 is 0 Å². The molecular formula is C61H75N3O9S2. The second-order valence-electron chi connectivity index (χ2n) is 20.7. The minimum absolute atomic E-state index is 0.00485. The van der Waals surface area contributed by atoms with Crippen molar-refractivity contribution in [2.24, 2.45) is 0 Å². The molecule has 0 N–H and O–H groups in total. The maximum Gasteiger partial charge on any atom is 0.258 e. The zero-order valence-electron chi connectivity index (χ0n) is 44.8. The normalized spacial score (nSPS) is 16.6. The van der Waals surface area contributed by atoms with Crippen LogP contribution in [0.4, 0.5) is 17.1 Å². The van der Waals surface area contributed by atoms with Crippen LogP contribution in [0.15, 0.2) is 91.0 Å². The fraction of sp³-hybridized carbons (Fsp3) is 0.475. The predicted molar refractivity (Wildman–Crippen MR) is 303 cm³/mol. The summed E-state index contributed by atoms with van der Waals surface area (Å²) in [5.41, 5.74) is 11.8. The molecule has 0 aromatic heterocycles. The number of carbonyl (C=O) groups excluding carboxylic acids is 2. The smallest absolute Gasteiger partial charge is 0.258 e. The molecule has 14 heteroatoms. The van der Waals surface area contributed by atoms with Crippen LogP contribution in [-0.4, -0.2) is 108 Å². The quantitative estimate of drug-likeness (QED) is 0.0369. The first-order valence-electron chi connectivity index (χ1n) is 26.9. The fourth-order valence-electron chi connectivity index (χ4n) is 10.9. The van der Waals surface area contributed by atoms with Crippen molar-refractivity contribution in [2.45, 2.75) is 109 Å². The number of anilines is 3. The number of hydrogen-bond acceptors (Lipinski definition) is 12. The van der Waals surface area contributed by atoms with Crippen molar-refractivity contribution < 1.29 is 42.7 Å². The van der Waals surface area contributed by atoms with E-state index in [1.54, 1.807) is 14.2 Å². The molecule has 2 amide bonds. The summed E-state index contributed by atoms with van der Waals surface area (Å²) < 4.78 is 42.2. The van der Waals surface area contributed by atoms with Crippen molar-refractivity contribution in [3.63, 3.8) is 0 Å². The second-order valence-corrected chi connectivity index (χ2v) is 23.8. The van der Waals surface area contributed by atoms with Crippen molar-refractivity contribution in [1.82, 2.24) is 0 Å². The molecule has 5 aromatic carbocycles. The Bertz CT molecular complexity index is 2770. The zero-order valence-corrected chi connectivity index (χ0v) is 46.4. The summed E-state index contributed by atoms with van der Waals surface area (Å²) in [7, 11) is 7.11. The third-order valence-corrected chi connectivity index (χ3v) is 17.9.